The molecule has 0 bridgehead atoms. The summed E-state index contributed by atoms with van der Waals surface area (Å²) in [6.07, 6.45) is 3.79. The highest BCUT2D eigenvalue weighted by molar-refractivity contribution is 7.10. The minimum atomic E-state index is 0.262. The van der Waals surface area contributed by atoms with E-state index in [1.807, 2.05) is 7.05 Å². The van der Waals surface area contributed by atoms with Crippen LogP contribution in [0.5, 0.6) is 0 Å². The number of ether oxygens (including phenoxy) is 2. The lowest BCUT2D eigenvalue weighted by atomic mass is 10.1. The molecule has 0 aliphatic carbocycles. The van der Waals surface area contributed by atoms with Crippen LogP contribution >= 0.6 is 11.5 Å². The third-order valence-corrected chi connectivity index (χ3v) is 3.38. The van der Waals surface area contributed by atoms with Crippen molar-refractivity contribution in [2.75, 3.05) is 25.6 Å². The van der Waals surface area contributed by atoms with Gasteiger partial charge >= 0.3 is 0 Å². The Morgan fingerprint density at radius 2 is 2.50 bits per heavy atom. The largest absolute Gasteiger partial charge is 0.377 e. The molecule has 0 radical (unpaired) electrons. The van der Waals surface area contributed by atoms with E-state index < -0.39 is 0 Å². The smallest absolute Gasteiger partial charge is 0.135 e. The van der Waals surface area contributed by atoms with Gasteiger partial charge in [0.1, 0.15) is 10.7 Å². The summed E-state index contributed by atoms with van der Waals surface area (Å²) in [4.78, 5) is 0. The zero-order valence-electron chi connectivity index (χ0n) is 9.44. The Balaban J connectivity index is 1.71. The fourth-order valence-electron chi connectivity index (χ4n) is 1.72. The van der Waals surface area contributed by atoms with E-state index in [2.05, 4.69) is 14.9 Å². The minimum absolute atomic E-state index is 0.262. The molecule has 16 heavy (non-hydrogen) atoms. The average Bonchev–Trinajstić information content (AvgIpc) is 2.78. The van der Waals surface area contributed by atoms with Crippen LogP contribution in [0.15, 0.2) is 0 Å². The van der Waals surface area contributed by atoms with Crippen molar-refractivity contribution in [3.8, 4) is 0 Å². The highest BCUT2D eigenvalue weighted by atomic mass is 32.1. The summed E-state index contributed by atoms with van der Waals surface area (Å²) in [5, 5.41) is 8.03. The van der Waals surface area contributed by atoms with Gasteiger partial charge in [0.25, 0.3) is 0 Å². The van der Waals surface area contributed by atoms with E-state index in [-0.39, 0.29) is 6.10 Å². The third-order valence-electron chi connectivity index (χ3n) is 2.60. The Bertz CT molecular complexity index is 313. The van der Waals surface area contributed by atoms with E-state index in [9.17, 15) is 0 Å². The van der Waals surface area contributed by atoms with Gasteiger partial charge in [-0.05, 0) is 19.3 Å². The second kappa shape index (κ2) is 6.12. The molecule has 2 rings (SSSR count). The van der Waals surface area contributed by atoms with E-state index in [0.717, 1.165) is 23.7 Å². The number of rotatable bonds is 5. The van der Waals surface area contributed by atoms with E-state index in [4.69, 9.17) is 9.47 Å². The lowest BCUT2D eigenvalue weighted by molar-refractivity contribution is -0.0451. The first-order valence-electron chi connectivity index (χ1n) is 5.58. The van der Waals surface area contributed by atoms with E-state index in [0.29, 0.717) is 13.2 Å². The zero-order chi connectivity index (χ0) is 11.2. The van der Waals surface area contributed by atoms with Crippen LogP contribution in [0.4, 0.5) is 5.00 Å². The quantitative estimate of drug-likeness (QED) is 0.852. The average molecular weight is 243 g/mol. The van der Waals surface area contributed by atoms with Gasteiger partial charge in [0.2, 0.25) is 0 Å². The molecule has 0 amide bonds. The molecule has 1 N–H and O–H groups in total. The summed E-state index contributed by atoms with van der Waals surface area (Å²) in [7, 11) is 1.86. The van der Waals surface area contributed by atoms with Crippen molar-refractivity contribution in [3.63, 3.8) is 0 Å². The Kier molecular flexibility index (Phi) is 4.50. The number of nitrogens with one attached hydrogen (secondary N) is 1. The van der Waals surface area contributed by atoms with E-state index in [1.165, 1.54) is 24.4 Å². The van der Waals surface area contributed by atoms with Crippen LogP contribution in [0, 0.1) is 0 Å². The van der Waals surface area contributed by atoms with Gasteiger partial charge in [0.05, 0.1) is 19.3 Å². The number of nitrogens with zero attached hydrogens (tertiary/aromatic N) is 2. The lowest BCUT2D eigenvalue weighted by Gasteiger charge is -2.22. The maximum absolute atomic E-state index is 5.60. The molecule has 1 aliphatic rings. The lowest BCUT2D eigenvalue weighted by Crippen LogP contribution is -2.24. The molecular weight excluding hydrogens is 226 g/mol. The molecule has 1 aromatic rings. The predicted octanol–water partition coefficient (Wildman–Crippen LogP) is 1.67. The molecule has 1 aromatic heterocycles. The number of hydrogen-bond acceptors (Lipinski definition) is 6. The fourth-order valence-corrected chi connectivity index (χ4v) is 2.24. The Morgan fingerprint density at radius 1 is 1.56 bits per heavy atom. The first kappa shape index (κ1) is 11.8. The van der Waals surface area contributed by atoms with Gasteiger partial charge in [-0.15, -0.1) is 5.10 Å². The number of anilines is 1. The van der Waals surface area contributed by atoms with Crippen LogP contribution in [0.2, 0.25) is 0 Å². The maximum atomic E-state index is 5.60. The third kappa shape index (κ3) is 3.13. The number of hydrogen-bond donors (Lipinski definition) is 1. The molecule has 0 aromatic carbocycles. The van der Waals surface area contributed by atoms with Crippen LogP contribution < -0.4 is 5.32 Å². The van der Waals surface area contributed by atoms with Gasteiger partial charge in [-0.1, -0.05) is 4.49 Å². The van der Waals surface area contributed by atoms with Crippen molar-refractivity contribution < 1.29 is 9.47 Å². The number of aromatic nitrogens is 2. The van der Waals surface area contributed by atoms with Crippen molar-refractivity contribution >= 4 is 16.5 Å². The van der Waals surface area contributed by atoms with Gasteiger partial charge < -0.3 is 14.8 Å². The fraction of sp³-hybridized carbons (Fsp3) is 0.800. The van der Waals surface area contributed by atoms with Gasteiger partial charge in [0, 0.05) is 25.2 Å². The SMILES string of the molecule is CNc1snnc1COCC1CCCCO1. The Morgan fingerprint density at radius 3 is 3.25 bits per heavy atom. The second-order valence-corrected chi connectivity index (χ2v) is 4.56. The van der Waals surface area contributed by atoms with Gasteiger partial charge in [-0.2, -0.15) is 0 Å². The summed E-state index contributed by atoms with van der Waals surface area (Å²) in [6, 6.07) is 0. The highest BCUT2D eigenvalue weighted by Gasteiger charge is 2.14. The molecule has 5 nitrogen and oxygen atoms in total. The van der Waals surface area contributed by atoms with Crippen molar-refractivity contribution in [1.29, 1.82) is 0 Å². The molecule has 1 aliphatic heterocycles. The summed E-state index contributed by atoms with van der Waals surface area (Å²) < 4.78 is 15.1. The molecule has 1 unspecified atom stereocenters. The van der Waals surface area contributed by atoms with Gasteiger partial charge in [-0.25, -0.2) is 0 Å². The van der Waals surface area contributed by atoms with Crippen molar-refractivity contribution in [1.82, 2.24) is 9.59 Å². The Hall–Kier alpha value is -0.720. The molecule has 0 spiro atoms. The summed E-state index contributed by atoms with van der Waals surface area (Å²) in [6.45, 7) is 2.03. The monoisotopic (exact) mass is 243 g/mol. The minimum Gasteiger partial charge on any atom is -0.377 e. The van der Waals surface area contributed by atoms with Crippen LogP contribution in [0.3, 0.4) is 0 Å². The summed E-state index contributed by atoms with van der Waals surface area (Å²) >= 11 is 1.35. The molecule has 1 saturated heterocycles. The van der Waals surface area contributed by atoms with Crippen LogP contribution in [0.1, 0.15) is 25.0 Å². The zero-order valence-corrected chi connectivity index (χ0v) is 10.3. The maximum Gasteiger partial charge on any atom is 0.135 e. The van der Waals surface area contributed by atoms with Crippen molar-refractivity contribution in [2.24, 2.45) is 0 Å². The standard InChI is InChI=1S/C10H17N3O2S/c1-11-10-9(12-13-16-10)7-14-6-8-4-2-3-5-15-8/h8,11H,2-7H2,1H3. The molecule has 0 saturated carbocycles. The molecular formula is C10H17N3O2S. The summed E-state index contributed by atoms with van der Waals surface area (Å²) in [5.74, 6) is 0. The topological polar surface area (TPSA) is 56.3 Å². The van der Waals surface area contributed by atoms with Crippen molar-refractivity contribution in [2.45, 2.75) is 32.0 Å². The molecule has 1 fully saturated rings. The first-order valence-corrected chi connectivity index (χ1v) is 6.36. The summed E-state index contributed by atoms with van der Waals surface area (Å²) in [5.41, 5.74) is 0.878. The van der Waals surface area contributed by atoms with Crippen LogP contribution in [-0.2, 0) is 16.1 Å². The predicted molar refractivity (Wildman–Crippen MR) is 62.7 cm³/mol. The molecule has 2 heterocycles. The van der Waals surface area contributed by atoms with Crippen molar-refractivity contribution in [3.05, 3.63) is 5.69 Å². The van der Waals surface area contributed by atoms with Gasteiger partial charge in [0.15, 0.2) is 0 Å². The normalized spacial score (nSPS) is 20.9. The van der Waals surface area contributed by atoms with Crippen LogP contribution in [0.25, 0.3) is 0 Å². The highest BCUT2D eigenvalue weighted by Crippen LogP contribution is 2.18. The van der Waals surface area contributed by atoms with E-state index in [1.54, 1.807) is 0 Å². The van der Waals surface area contributed by atoms with Gasteiger partial charge in [-0.3, -0.25) is 0 Å². The molecule has 6 heteroatoms. The van der Waals surface area contributed by atoms with E-state index >= 15 is 0 Å². The molecule has 1 atom stereocenters. The molecule has 90 valence electrons. The first-order chi connectivity index (χ1) is 7.90. The Labute approximate surface area is 99.3 Å². The van der Waals surface area contributed by atoms with Crippen LogP contribution in [-0.4, -0.2) is 36.0 Å². The second-order valence-electron chi connectivity index (χ2n) is 3.80.